The first-order valence-corrected chi connectivity index (χ1v) is 5.64. The monoisotopic (exact) mass is 215 g/mol. The van der Waals surface area contributed by atoms with Crippen LogP contribution in [0.15, 0.2) is 51.9 Å². The lowest BCUT2D eigenvalue weighted by Crippen LogP contribution is -2.14. The summed E-state index contributed by atoms with van der Waals surface area (Å²) in [4.78, 5) is 13.6. The van der Waals surface area contributed by atoms with Crippen LogP contribution in [0, 0.1) is 0 Å². The number of ketones is 1. The summed E-state index contributed by atoms with van der Waals surface area (Å²) in [5.41, 5.74) is 2.02. The molecule has 0 radical (unpaired) electrons. The number of benzene rings is 1. The third-order valence-electron chi connectivity index (χ3n) is 2.45. The smallest absolute Gasteiger partial charge is 0.175 e. The van der Waals surface area contributed by atoms with Crippen LogP contribution in [0.5, 0.6) is 0 Å². The third-order valence-corrected chi connectivity index (χ3v) is 3.68. The second-order valence-electron chi connectivity index (χ2n) is 3.50. The highest BCUT2D eigenvalue weighted by molar-refractivity contribution is 8.04. The van der Waals surface area contributed by atoms with Crippen LogP contribution in [-0.2, 0) is 4.79 Å². The van der Waals surface area contributed by atoms with Crippen LogP contribution in [0.3, 0.4) is 0 Å². The molecule has 1 aliphatic heterocycles. The first-order chi connectivity index (χ1) is 7.34. The molecule has 1 aliphatic carbocycles. The molecule has 1 aromatic rings. The predicted octanol–water partition coefficient (Wildman–Crippen LogP) is 2.94. The van der Waals surface area contributed by atoms with Gasteiger partial charge in [0.25, 0.3) is 0 Å². The highest BCUT2D eigenvalue weighted by Crippen LogP contribution is 2.41. The van der Waals surface area contributed by atoms with E-state index >= 15 is 0 Å². The van der Waals surface area contributed by atoms with E-state index in [1.807, 2.05) is 36.4 Å². The molecule has 0 saturated carbocycles. The fourth-order valence-electron chi connectivity index (χ4n) is 1.73. The second-order valence-corrected chi connectivity index (χ2v) is 4.55. The van der Waals surface area contributed by atoms with Crippen LogP contribution in [0.4, 0.5) is 5.69 Å². The van der Waals surface area contributed by atoms with Crippen LogP contribution >= 0.6 is 11.8 Å². The van der Waals surface area contributed by atoms with Gasteiger partial charge in [-0.15, -0.1) is 0 Å². The van der Waals surface area contributed by atoms with Crippen molar-refractivity contribution in [3.05, 3.63) is 47.0 Å². The van der Waals surface area contributed by atoms with E-state index in [1.54, 1.807) is 11.8 Å². The molecular weight excluding hydrogens is 206 g/mol. The first-order valence-electron chi connectivity index (χ1n) is 4.82. The molecule has 1 heterocycles. The Morgan fingerprint density at radius 1 is 1.27 bits per heavy atom. The van der Waals surface area contributed by atoms with Crippen LogP contribution in [0.2, 0.25) is 0 Å². The molecule has 0 spiro atoms. The number of hydrogen-bond donors (Lipinski definition) is 1. The molecule has 1 N–H and O–H groups in total. The van der Waals surface area contributed by atoms with Gasteiger partial charge in [0, 0.05) is 11.3 Å². The molecule has 0 bridgehead atoms. The van der Waals surface area contributed by atoms with Crippen molar-refractivity contribution in [1.82, 2.24) is 0 Å². The van der Waals surface area contributed by atoms with Crippen molar-refractivity contribution in [2.24, 2.45) is 0 Å². The molecule has 1 aromatic carbocycles. The molecule has 0 aromatic heterocycles. The number of fused-ring (bicyclic) bond motifs is 1. The Hall–Kier alpha value is -1.48. The summed E-state index contributed by atoms with van der Waals surface area (Å²) in [5, 5.41) is 3.28. The number of para-hydroxylation sites is 1. The lowest BCUT2D eigenvalue weighted by atomic mass is 10.1. The van der Waals surface area contributed by atoms with E-state index in [0.29, 0.717) is 6.42 Å². The Balaban J connectivity index is 2.08. The fourth-order valence-corrected chi connectivity index (χ4v) is 2.75. The number of allylic oxidation sites excluding steroid dienone is 3. The molecule has 3 heteroatoms. The normalized spacial score (nSPS) is 18.3. The van der Waals surface area contributed by atoms with Gasteiger partial charge in [0.15, 0.2) is 5.78 Å². The molecular formula is C12H9NOS. The van der Waals surface area contributed by atoms with Gasteiger partial charge >= 0.3 is 0 Å². The number of rotatable bonds is 0. The maximum atomic E-state index is 11.7. The largest absolute Gasteiger partial charge is 0.354 e. The number of anilines is 1. The molecule has 15 heavy (non-hydrogen) atoms. The van der Waals surface area contributed by atoms with Gasteiger partial charge in [0.05, 0.1) is 16.3 Å². The van der Waals surface area contributed by atoms with E-state index in [4.69, 9.17) is 0 Å². The standard InChI is InChI=1S/C12H9NOS/c14-10-6-3-5-9-12(10)15-11-7-2-1-4-8(11)13-9/h1-5,7,13H,6H2. The van der Waals surface area contributed by atoms with Crippen LogP contribution in [-0.4, -0.2) is 5.78 Å². The van der Waals surface area contributed by atoms with Crippen molar-refractivity contribution in [2.75, 3.05) is 5.32 Å². The quantitative estimate of drug-likeness (QED) is 0.721. The number of carbonyl (C=O) groups excluding carboxylic acids is 1. The van der Waals surface area contributed by atoms with Crippen molar-refractivity contribution < 1.29 is 4.79 Å². The maximum absolute atomic E-state index is 11.7. The number of carbonyl (C=O) groups is 1. The Kier molecular flexibility index (Phi) is 1.92. The zero-order valence-electron chi connectivity index (χ0n) is 7.99. The number of nitrogens with one attached hydrogen (secondary N) is 1. The molecule has 0 fully saturated rings. The summed E-state index contributed by atoms with van der Waals surface area (Å²) in [6.07, 6.45) is 4.41. The number of hydrogen-bond acceptors (Lipinski definition) is 3. The zero-order valence-corrected chi connectivity index (χ0v) is 8.80. The van der Waals surface area contributed by atoms with Crippen molar-refractivity contribution in [3.63, 3.8) is 0 Å². The predicted molar refractivity (Wildman–Crippen MR) is 61.7 cm³/mol. The Labute approximate surface area is 92.1 Å². The van der Waals surface area contributed by atoms with E-state index < -0.39 is 0 Å². The molecule has 2 nitrogen and oxygen atoms in total. The van der Waals surface area contributed by atoms with Gasteiger partial charge in [-0.05, 0) is 18.2 Å². The lowest BCUT2D eigenvalue weighted by Gasteiger charge is -2.23. The molecule has 74 valence electrons. The van der Waals surface area contributed by atoms with E-state index in [1.165, 1.54) is 0 Å². The summed E-state index contributed by atoms with van der Waals surface area (Å²) in [5.74, 6) is 0.208. The summed E-state index contributed by atoms with van der Waals surface area (Å²) < 4.78 is 0. The lowest BCUT2D eigenvalue weighted by molar-refractivity contribution is -0.114. The van der Waals surface area contributed by atoms with Gasteiger partial charge in [0.2, 0.25) is 0 Å². The van der Waals surface area contributed by atoms with Gasteiger partial charge in [-0.3, -0.25) is 4.79 Å². The highest BCUT2D eigenvalue weighted by Gasteiger charge is 2.23. The highest BCUT2D eigenvalue weighted by atomic mass is 32.2. The Bertz CT molecular complexity index is 502. The van der Waals surface area contributed by atoms with Crippen LogP contribution in [0.25, 0.3) is 0 Å². The minimum Gasteiger partial charge on any atom is -0.354 e. The van der Waals surface area contributed by atoms with Crippen molar-refractivity contribution in [2.45, 2.75) is 11.3 Å². The molecule has 3 rings (SSSR count). The van der Waals surface area contributed by atoms with Gasteiger partial charge < -0.3 is 5.32 Å². The average Bonchev–Trinajstić information content (AvgIpc) is 2.27. The van der Waals surface area contributed by atoms with Gasteiger partial charge in [0.1, 0.15) is 0 Å². The van der Waals surface area contributed by atoms with Gasteiger partial charge in [-0.2, -0.15) is 0 Å². The Morgan fingerprint density at radius 3 is 3.07 bits per heavy atom. The molecule has 2 aliphatic rings. The molecule has 0 atom stereocenters. The number of thioether (sulfide) groups is 1. The van der Waals surface area contributed by atoms with Crippen LogP contribution in [0.1, 0.15) is 6.42 Å². The van der Waals surface area contributed by atoms with E-state index in [0.717, 1.165) is 21.2 Å². The SMILES string of the molecule is O=C1CC=CC2=C1Sc1ccccc1N2. The van der Waals surface area contributed by atoms with E-state index in [9.17, 15) is 4.79 Å². The van der Waals surface area contributed by atoms with Gasteiger partial charge in [-0.1, -0.05) is 30.0 Å². The number of Topliss-reactive ketones (excluding diaryl/α,β-unsaturated/α-hetero) is 1. The second kappa shape index (κ2) is 3.28. The summed E-state index contributed by atoms with van der Waals surface area (Å²) in [6, 6.07) is 8.04. The summed E-state index contributed by atoms with van der Waals surface area (Å²) in [6.45, 7) is 0. The summed E-state index contributed by atoms with van der Waals surface area (Å²) >= 11 is 1.57. The summed E-state index contributed by atoms with van der Waals surface area (Å²) in [7, 11) is 0. The molecule has 0 saturated heterocycles. The van der Waals surface area contributed by atoms with E-state index in [-0.39, 0.29) is 5.78 Å². The fraction of sp³-hybridized carbons (Fsp3) is 0.0833. The minimum absolute atomic E-state index is 0.208. The zero-order chi connectivity index (χ0) is 10.3. The third kappa shape index (κ3) is 1.39. The van der Waals surface area contributed by atoms with Gasteiger partial charge in [-0.25, -0.2) is 0 Å². The maximum Gasteiger partial charge on any atom is 0.175 e. The molecule has 0 amide bonds. The molecule has 0 unspecified atom stereocenters. The minimum atomic E-state index is 0.208. The van der Waals surface area contributed by atoms with Crippen LogP contribution < -0.4 is 5.32 Å². The first kappa shape index (κ1) is 8.80. The van der Waals surface area contributed by atoms with Crippen molar-refractivity contribution in [3.8, 4) is 0 Å². The van der Waals surface area contributed by atoms with Crippen molar-refractivity contribution >= 4 is 23.2 Å². The van der Waals surface area contributed by atoms with Crippen molar-refractivity contribution in [1.29, 1.82) is 0 Å². The topological polar surface area (TPSA) is 29.1 Å². The Morgan fingerprint density at radius 2 is 2.13 bits per heavy atom. The van der Waals surface area contributed by atoms with E-state index in [2.05, 4.69) is 5.32 Å². The average molecular weight is 215 g/mol.